The Kier molecular flexibility index (Phi) is 5.35. The van der Waals surface area contributed by atoms with Crippen LogP contribution in [-0.4, -0.2) is 34.2 Å². The van der Waals surface area contributed by atoms with Crippen LogP contribution in [0.25, 0.3) is 0 Å². The number of para-hydroxylation sites is 2. The lowest BCUT2D eigenvalue weighted by Gasteiger charge is -2.22. The lowest BCUT2D eigenvalue weighted by molar-refractivity contribution is 0.239. The highest BCUT2D eigenvalue weighted by atomic mass is 16.5. The van der Waals surface area contributed by atoms with Crippen molar-refractivity contribution in [2.45, 2.75) is 26.4 Å². The maximum Gasteiger partial charge on any atom is 0.319 e. The molecule has 7 heteroatoms. The maximum absolute atomic E-state index is 12.2. The van der Waals surface area contributed by atoms with Gasteiger partial charge in [-0.25, -0.2) is 4.79 Å². The van der Waals surface area contributed by atoms with Crippen LogP contribution in [0.4, 0.5) is 10.5 Å². The van der Waals surface area contributed by atoms with Crippen molar-refractivity contribution in [2.75, 3.05) is 12.4 Å². The van der Waals surface area contributed by atoms with Gasteiger partial charge in [-0.15, -0.1) is 0 Å². The van der Waals surface area contributed by atoms with E-state index in [1.165, 1.54) is 0 Å². The summed E-state index contributed by atoms with van der Waals surface area (Å²) >= 11 is 0. The zero-order valence-corrected chi connectivity index (χ0v) is 13.0. The number of ether oxygens (including phenoxy) is 1. The fourth-order valence-corrected chi connectivity index (χ4v) is 2.01. The zero-order chi connectivity index (χ0) is 15.9. The average Bonchev–Trinajstić information content (AvgIpc) is 3.00. The highest BCUT2D eigenvalue weighted by molar-refractivity contribution is 5.91. The summed E-state index contributed by atoms with van der Waals surface area (Å²) in [6.45, 7) is 4.60. The number of benzene rings is 1. The van der Waals surface area contributed by atoms with E-state index in [-0.39, 0.29) is 18.0 Å². The van der Waals surface area contributed by atoms with Crippen molar-refractivity contribution in [3.8, 4) is 5.75 Å². The molecule has 118 valence electrons. The lowest BCUT2D eigenvalue weighted by Crippen LogP contribution is -2.44. The Morgan fingerprint density at radius 1 is 1.27 bits per heavy atom. The minimum Gasteiger partial charge on any atom is -0.495 e. The topological polar surface area (TPSA) is 81.1 Å². The van der Waals surface area contributed by atoms with Gasteiger partial charge in [0.25, 0.3) is 0 Å². The Labute approximate surface area is 129 Å². The molecule has 0 radical (unpaired) electrons. The number of urea groups is 1. The van der Waals surface area contributed by atoms with Gasteiger partial charge in [-0.3, -0.25) is 0 Å². The van der Waals surface area contributed by atoms with Gasteiger partial charge in [-0.1, -0.05) is 26.0 Å². The minimum absolute atomic E-state index is 0.0814. The largest absolute Gasteiger partial charge is 0.495 e. The summed E-state index contributed by atoms with van der Waals surface area (Å²) in [6, 6.07) is 6.91. The standard InChI is InChI=1S/C15H21N5O2/c1-11(2)13(10-20-16-8-9-17-20)19-15(21)18-12-6-4-5-7-14(12)22-3/h4-9,11,13H,10H2,1-3H3,(H2,18,19,21). The first-order valence-corrected chi connectivity index (χ1v) is 7.14. The van der Waals surface area contributed by atoms with E-state index in [0.29, 0.717) is 18.0 Å². The molecule has 7 nitrogen and oxygen atoms in total. The van der Waals surface area contributed by atoms with Crippen molar-refractivity contribution in [2.24, 2.45) is 5.92 Å². The van der Waals surface area contributed by atoms with E-state index >= 15 is 0 Å². The summed E-state index contributed by atoms with van der Waals surface area (Å²) in [5.41, 5.74) is 0.627. The second kappa shape index (κ2) is 7.44. The molecular formula is C15H21N5O2. The molecule has 1 aromatic heterocycles. The highest BCUT2D eigenvalue weighted by Gasteiger charge is 2.18. The average molecular weight is 303 g/mol. The van der Waals surface area contributed by atoms with E-state index in [1.54, 1.807) is 36.4 Å². The number of carbonyl (C=O) groups is 1. The molecule has 0 aliphatic carbocycles. The van der Waals surface area contributed by atoms with Gasteiger partial charge in [0.2, 0.25) is 0 Å². The third kappa shape index (κ3) is 4.21. The summed E-state index contributed by atoms with van der Waals surface area (Å²) in [6.07, 6.45) is 3.23. The van der Waals surface area contributed by atoms with Gasteiger partial charge >= 0.3 is 6.03 Å². The number of hydrogen-bond acceptors (Lipinski definition) is 4. The Balaban J connectivity index is 1.99. The van der Waals surface area contributed by atoms with Crippen LogP contribution in [0.5, 0.6) is 5.75 Å². The molecule has 0 aliphatic rings. The third-order valence-electron chi connectivity index (χ3n) is 3.30. The second-order valence-electron chi connectivity index (χ2n) is 5.23. The molecule has 1 heterocycles. The molecule has 1 aromatic carbocycles. The molecule has 0 bridgehead atoms. The fourth-order valence-electron chi connectivity index (χ4n) is 2.01. The van der Waals surface area contributed by atoms with Gasteiger partial charge in [0.05, 0.1) is 37.8 Å². The SMILES string of the molecule is COc1ccccc1NC(=O)NC(Cn1nccn1)C(C)C. The van der Waals surface area contributed by atoms with Crippen LogP contribution in [0.1, 0.15) is 13.8 Å². The van der Waals surface area contributed by atoms with E-state index in [0.717, 1.165) is 0 Å². The predicted octanol–water partition coefficient (Wildman–Crippen LogP) is 2.13. The molecule has 0 fully saturated rings. The molecule has 22 heavy (non-hydrogen) atoms. The Morgan fingerprint density at radius 3 is 2.59 bits per heavy atom. The van der Waals surface area contributed by atoms with Crippen molar-refractivity contribution in [1.82, 2.24) is 20.3 Å². The van der Waals surface area contributed by atoms with Crippen molar-refractivity contribution >= 4 is 11.7 Å². The van der Waals surface area contributed by atoms with Crippen molar-refractivity contribution in [3.63, 3.8) is 0 Å². The number of methoxy groups -OCH3 is 1. The number of aromatic nitrogens is 3. The molecular weight excluding hydrogens is 282 g/mol. The van der Waals surface area contributed by atoms with Gasteiger partial charge in [0.15, 0.2) is 0 Å². The van der Waals surface area contributed by atoms with Crippen LogP contribution < -0.4 is 15.4 Å². The molecule has 2 aromatic rings. The van der Waals surface area contributed by atoms with E-state index in [9.17, 15) is 4.79 Å². The summed E-state index contributed by atoms with van der Waals surface area (Å²) in [7, 11) is 1.57. The smallest absolute Gasteiger partial charge is 0.319 e. The first-order valence-electron chi connectivity index (χ1n) is 7.14. The molecule has 2 amide bonds. The molecule has 2 N–H and O–H groups in total. The van der Waals surface area contributed by atoms with Gasteiger partial charge in [0.1, 0.15) is 5.75 Å². The van der Waals surface area contributed by atoms with Gasteiger partial charge in [0, 0.05) is 0 Å². The van der Waals surface area contributed by atoms with E-state index in [2.05, 4.69) is 20.8 Å². The van der Waals surface area contributed by atoms with Crippen LogP contribution in [0.15, 0.2) is 36.7 Å². The maximum atomic E-state index is 12.2. The summed E-state index contributed by atoms with van der Waals surface area (Å²) in [4.78, 5) is 13.8. The highest BCUT2D eigenvalue weighted by Crippen LogP contribution is 2.22. The number of anilines is 1. The monoisotopic (exact) mass is 303 g/mol. The van der Waals surface area contributed by atoms with E-state index < -0.39 is 0 Å². The van der Waals surface area contributed by atoms with Gasteiger partial charge in [-0.05, 0) is 18.1 Å². The van der Waals surface area contributed by atoms with E-state index in [1.807, 2.05) is 26.0 Å². The molecule has 1 unspecified atom stereocenters. The number of rotatable bonds is 6. The number of nitrogens with zero attached hydrogens (tertiary/aromatic N) is 3. The first kappa shape index (κ1) is 15.8. The van der Waals surface area contributed by atoms with Crippen LogP contribution in [0, 0.1) is 5.92 Å². The van der Waals surface area contributed by atoms with Crippen LogP contribution in [0.3, 0.4) is 0 Å². The van der Waals surface area contributed by atoms with Crippen molar-refractivity contribution in [1.29, 1.82) is 0 Å². The zero-order valence-electron chi connectivity index (χ0n) is 13.0. The summed E-state index contributed by atoms with van der Waals surface area (Å²) in [5, 5.41) is 13.9. The van der Waals surface area contributed by atoms with Crippen LogP contribution >= 0.6 is 0 Å². The molecule has 0 saturated carbocycles. The Hall–Kier alpha value is -2.57. The lowest BCUT2D eigenvalue weighted by atomic mass is 10.1. The first-order chi connectivity index (χ1) is 10.6. The van der Waals surface area contributed by atoms with Crippen molar-refractivity contribution in [3.05, 3.63) is 36.7 Å². The number of nitrogens with one attached hydrogen (secondary N) is 2. The normalized spacial score (nSPS) is 12.0. The quantitative estimate of drug-likeness (QED) is 0.856. The minimum atomic E-state index is -0.282. The third-order valence-corrected chi connectivity index (χ3v) is 3.30. The Bertz CT molecular complexity index is 598. The van der Waals surface area contributed by atoms with Gasteiger partial charge < -0.3 is 15.4 Å². The molecule has 0 aliphatic heterocycles. The van der Waals surface area contributed by atoms with Gasteiger partial charge in [-0.2, -0.15) is 15.0 Å². The molecule has 0 spiro atoms. The molecule has 2 rings (SSSR count). The number of carbonyl (C=O) groups excluding carboxylic acids is 1. The molecule has 1 atom stereocenters. The van der Waals surface area contributed by atoms with Crippen LogP contribution in [0.2, 0.25) is 0 Å². The van der Waals surface area contributed by atoms with E-state index in [4.69, 9.17) is 4.74 Å². The second-order valence-corrected chi connectivity index (χ2v) is 5.23. The van der Waals surface area contributed by atoms with Crippen molar-refractivity contribution < 1.29 is 9.53 Å². The summed E-state index contributed by atoms with van der Waals surface area (Å²) in [5.74, 6) is 0.863. The fraction of sp³-hybridized carbons (Fsp3) is 0.400. The number of amides is 2. The number of hydrogen-bond donors (Lipinski definition) is 2. The van der Waals surface area contributed by atoms with Crippen LogP contribution in [-0.2, 0) is 6.54 Å². The molecule has 0 saturated heterocycles. The summed E-state index contributed by atoms with van der Waals surface area (Å²) < 4.78 is 5.22. The predicted molar refractivity (Wildman–Crippen MR) is 83.8 cm³/mol. The Morgan fingerprint density at radius 2 is 1.95 bits per heavy atom.